The van der Waals surface area contributed by atoms with E-state index in [9.17, 15) is 0 Å². The van der Waals surface area contributed by atoms with Crippen LogP contribution in [0.2, 0.25) is 0 Å². The molecule has 0 amide bonds. The summed E-state index contributed by atoms with van der Waals surface area (Å²) in [6, 6.07) is 0. The molecule has 0 aromatic rings. The van der Waals surface area contributed by atoms with Gasteiger partial charge in [-0.05, 0) is 30.8 Å². The number of hydrogen-bond donors (Lipinski definition) is 1. The van der Waals surface area contributed by atoms with Gasteiger partial charge in [0.1, 0.15) is 0 Å². The smallest absolute Gasteiger partial charge is 0.0641 e. The van der Waals surface area contributed by atoms with E-state index in [4.69, 9.17) is 9.84 Å². The summed E-state index contributed by atoms with van der Waals surface area (Å²) in [6.07, 6.45) is 5.85. The summed E-state index contributed by atoms with van der Waals surface area (Å²) in [7, 11) is 0. The Bertz CT molecular complexity index is 174. The summed E-state index contributed by atoms with van der Waals surface area (Å²) in [6.45, 7) is 1.16. The highest BCUT2D eigenvalue weighted by atomic mass is 16.5. The first-order valence-corrected chi connectivity index (χ1v) is 4.30. The Morgan fingerprint density at radius 3 is 3.36 bits per heavy atom. The SMILES string of the molecule is OCC1=CCC2OCCC2C1. The molecule has 2 nitrogen and oxygen atoms in total. The summed E-state index contributed by atoms with van der Waals surface area (Å²) >= 11 is 0. The van der Waals surface area contributed by atoms with Crippen molar-refractivity contribution in [2.45, 2.75) is 25.4 Å². The zero-order chi connectivity index (χ0) is 7.68. The molecule has 2 unspecified atom stereocenters. The first-order chi connectivity index (χ1) is 5.40. The molecule has 1 aliphatic heterocycles. The average molecular weight is 154 g/mol. The minimum absolute atomic E-state index is 0.239. The maximum atomic E-state index is 8.90. The van der Waals surface area contributed by atoms with Crippen molar-refractivity contribution in [3.8, 4) is 0 Å². The summed E-state index contributed by atoms with van der Waals surface area (Å²) in [5.74, 6) is 0.696. The summed E-state index contributed by atoms with van der Waals surface area (Å²) in [4.78, 5) is 0. The van der Waals surface area contributed by atoms with Crippen molar-refractivity contribution in [2.75, 3.05) is 13.2 Å². The van der Waals surface area contributed by atoms with Crippen LogP contribution in [-0.4, -0.2) is 24.4 Å². The van der Waals surface area contributed by atoms with E-state index in [0.29, 0.717) is 12.0 Å². The van der Waals surface area contributed by atoms with Crippen LogP contribution in [0, 0.1) is 5.92 Å². The Hall–Kier alpha value is -0.340. The largest absolute Gasteiger partial charge is 0.392 e. The van der Waals surface area contributed by atoms with Gasteiger partial charge in [-0.3, -0.25) is 0 Å². The molecular formula is C9H14O2. The zero-order valence-corrected chi connectivity index (χ0v) is 6.62. The molecule has 2 heteroatoms. The van der Waals surface area contributed by atoms with Crippen LogP contribution in [0.1, 0.15) is 19.3 Å². The molecule has 0 radical (unpaired) electrons. The van der Waals surface area contributed by atoms with Crippen LogP contribution in [0.25, 0.3) is 0 Å². The highest BCUT2D eigenvalue weighted by Crippen LogP contribution is 2.33. The standard InChI is InChI=1S/C9H14O2/c10-6-7-1-2-9-8(5-7)3-4-11-9/h1,8-10H,2-6H2. The lowest BCUT2D eigenvalue weighted by Gasteiger charge is -2.22. The molecule has 1 aliphatic carbocycles. The molecule has 2 aliphatic rings. The van der Waals surface area contributed by atoms with E-state index in [0.717, 1.165) is 19.4 Å². The number of hydrogen-bond acceptors (Lipinski definition) is 2. The third-order valence-electron chi connectivity index (χ3n) is 2.71. The highest BCUT2D eigenvalue weighted by Gasteiger charge is 2.30. The normalized spacial score (nSPS) is 36.6. The van der Waals surface area contributed by atoms with E-state index < -0.39 is 0 Å². The Kier molecular flexibility index (Phi) is 1.96. The van der Waals surface area contributed by atoms with Crippen molar-refractivity contribution in [3.05, 3.63) is 11.6 Å². The van der Waals surface area contributed by atoms with Crippen molar-refractivity contribution >= 4 is 0 Å². The monoisotopic (exact) mass is 154 g/mol. The topological polar surface area (TPSA) is 29.5 Å². The van der Waals surface area contributed by atoms with E-state index in [1.54, 1.807) is 0 Å². The van der Waals surface area contributed by atoms with E-state index in [-0.39, 0.29) is 6.61 Å². The van der Waals surface area contributed by atoms with Gasteiger partial charge in [-0.2, -0.15) is 0 Å². The number of fused-ring (bicyclic) bond motifs is 1. The molecule has 1 fully saturated rings. The number of aliphatic hydroxyl groups excluding tert-OH is 1. The van der Waals surface area contributed by atoms with Crippen LogP contribution < -0.4 is 0 Å². The van der Waals surface area contributed by atoms with Crippen LogP contribution in [0.3, 0.4) is 0 Å². The molecule has 0 bridgehead atoms. The van der Waals surface area contributed by atoms with Gasteiger partial charge in [0.05, 0.1) is 12.7 Å². The number of aliphatic hydroxyl groups is 1. The van der Waals surface area contributed by atoms with Crippen LogP contribution in [0.15, 0.2) is 11.6 Å². The second-order valence-electron chi connectivity index (χ2n) is 3.42. The van der Waals surface area contributed by atoms with Crippen LogP contribution in [0.4, 0.5) is 0 Å². The Morgan fingerprint density at radius 1 is 1.64 bits per heavy atom. The van der Waals surface area contributed by atoms with Gasteiger partial charge in [-0.1, -0.05) is 6.08 Å². The second-order valence-corrected chi connectivity index (χ2v) is 3.42. The molecule has 11 heavy (non-hydrogen) atoms. The second kappa shape index (κ2) is 2.95. The fraction of sp³-hybridized carbons (Fsp3) is 0.778. The summed E-state index contributed by atoms with van der Waals surface area (Å²) in [5, 5.41) is 8.90. The van der Waals surface area contributed by atoms with E-state index in [2.05, 4.69) is 6.08 Å². The van der Waals surface area contributed by atoms with E-state index in [1.807, 2.05) is 0 Å². The van der Waals surface area contributed by atoms with Gasteiger partial charge < -0.3 is 9.84 Å². The molecule has 1 saturated heterocycles. The van der Waals surface area contributed by atoms with Crippen LogP contribution in [-0.2, 0) is 4.74 Å². The first kappa shape index (κ1) is 7.32. The summed E-state index contributed by atoms with van der Waals surface area (Å²) in [5.41, 5.74) is 1.21. The predicted octanol–water partition coefficient (Wildman–Crippen LogP) is 1.10. The van der Waals surface area contributed by atoms with Crippen molar-refractivity contribution in [3.63, 3.8) is 0 Å². The lowest BCUT2D eigenvalue weighted by molar-refractivity contribution is 0.0877. The molecule has 1 heterocycles. The van der Waals surface area contributed by atoms with E-state index in [1.165, 1.54) is 12.0 Å². The van der Waals surface area contributed by atoms with Gasteiger partial charge in [0.25, 0.3) is 0 Å². The maximum Gasteiger partial charge on any atom is 0.0641 e. The minimum Gasteiger partial charge on any atom is -0.392 e. The third-order valence-corrected chi connectivity index (χ3v) is 2.71. The highest BCUT2D eigenvalue weighted by molar-refractivity contribution is 5.10. The molecule has 2 atom stereocenters. The zero-order valence-electron chi connectivity index (χ0n) is 6.62. The van der Waals surface area contributed by atoms with Gasteiger partial charge in [-0.15, -0.1) is 0 Å². The van der Waals surface area contributed by atoms with Gasteiger partial charge in [0.2, 0.25) is 0 Å². The molecular weight excluding hydrogens is 140 g/mol. The Labute approximate surface area is 66.9 Å². The van der Waals surface area contributed by atoms with Crippen molar-refractivity contribution < 1.29 is 9.84 Å². The predicted molar refractivity (Wildman–Crippen MR) is 42.2 cm³/mol. The van der Waals surface area contributed by atoms with Crippen molar-refractivity contribution in [2.24, 2.45) is 5.92 Å². The van der Waals surface area contributed by atoms with Crippen molar-refractivity contribution in [1.82, 2.24) is 0 Å². The lowest BCUT2D eigenvalue weighted by atomic mass is 9.86. The molecule has 62 valence electrons. The van der Waals surface area contributed by atoms with Gasteiger partial charge in [0.15, 0.2) is 0 Å². The van der Waals surface area contributed by atoms with Gasteiger partial charge in [-0.25, -0.2) is 0 Å². The van der Waals surface area contributed by atoms with Crippen LogP contribution in [0.5, 0.6) is 0 Å². The molecule has 0 aromatic heterocycles. The number of ether oxygens (including phenoxy) is 1. The fourth-order valence-electron chi connectivity index (χ4n) is 2.02. The molecule has 0 aromatic carbocycles. The molecule has 1 N–H and O–H groups in total. The minimum atomic E-state index is 0.239. The van der Waals surface area contributed by atoms with Crippen molar-refractivity contribution in [1.29, 1.82) is 0 Å². The first-order valence-electron chi connectivity index (χ1n) is 4.30. The Balaban J connectivity index is 2.03. The average Bonchev–Trinajstić information content (AvgIpc) is 2.50. The fourth-order valence-corrected chi connectivity index (χ4v) is 2.02. The van der Waals surface area contributed by atoms with Gasteiger partial charge in [0, 0.05) is 6.61 Å². The maximum absolute atomic E-state index is 8.90. The summed E-state index contributed by atoms with van der Waals surface area (Å²) < 4.78 is 5.52. The van der Waals surface area contributed by atoms with Gasteiger partial charge >= 0.3 is 0 Å². The number of rotatable bonds is 1. The molecule has 0 saturated carbocycles. The molecule has 0 spiro atoms. The third kappa shape index (κ3) is 1.33. The molecule has 2 rings (SSSR count). The lowest BCUT2D eigenvalue weighted by Crippen LogP contribution is -2.20. The Morgan fingerprint density at radius 2 is 2.55 bits per heavy atom. The quantitative estimate of drug-likeness (QED) is 0.573. The van der Waals surface area contributed by atoms with E-state index >= 15 is 0 Å². The van der Waals surface area contributed by atoms with Crippen LogP contribution >= 0.6 is 0 Å².